The van der Waals surface area contributed by atoms with Gasteiger partial charge in [0.05, 0.1) is 29.3 Å². The first-order valence-corrected chi connectivity index (χ1v) is 11.7. The van der Waals surface area contributed by atoms with Crippen LogP contribution in [0, 0.1) is 5.41 Å². The van der Waals surface area contributed by atoms with Crippen molar-refractivity contribution in [2.24, 2.45) is 5.41 Å². The molecule has 10 heteroatoms. The highest BCUT2D eigenvalue weighted by Crippen LogP contribution is 2.62. The zero-order valence-corrected chi connectivity index (χ0v) is 19.7. The number of ether oxygens (including phenoxy) is 1. The minimum atomic E-state index is -4.49. The Morgan fingerprint density at radius 3 is 2.50 bits per heavy atom. The number of aromatic nitrogens is 3. The summed E-state index contributed by atoms with van der Waals surface area (Å²) in [5, 5.41) is 10.6. The number of hydrogen-bond acceptors (Lipinski definition) is 6. The third kappa shape index (κ3) is 3.80. The minimum absolute atomic E-state index is 0.0590. The Balaban J connectivity index is 1.45. The molecule has 5 rings (SSSR count). The maximum Gasteiger partial charge on any atom is 0.417 e. The molecule has 188 valence electrons. The van der Waals surface area contributed by atoms with Crippen LogP contribution in [0.1, 0.15) is 42.6 Å². The van der Waals surface area contributed by atoms with Crippen LogP contribution in [0.2, 0.25) is 0 Å². The lowest BCUT2D eigenvalue weighted by atomic mass is 9.48. The van der Waals surface area contributed by atoms with Crippen molar-refractivity contribution >= 4 is 5.91 Å². The molecule has 1 aliphatic carbocycles. The fourth-order valence-corrected chi connectivity index (χ4v) is 5.79. The van der Waals surface area contributed by atoms with E-state index in [1.54, 1.807) is 54.5 Å². The summed E-state index contributed by atoms with van der Waals surface area (Å²) >= 11 is 0. The van der Waals surface area contributed by atoms with E-state index in [1.807, 2.05) is 6.92 Å². The minimum Gasteiger partial charge on any atom is -0.472 e. The van der Waals surface area contributed by atoms with Gasteiger partial charge in [0.25, 0.3) is 5.91 Å². The monoisotopic (exact) mass is 498 g/mol. The van der Waals surface area contributed by atoms with Crippen molar-refractivity contribution in [3.8, 4) is 17.3 Å². The molecule has 1 aromatic carbocycles. The zero-order chi connectivity index (χ0) is 25.7. The van der Waals surface area contributed by atoms with E-state index in [1.165, 1.54) is 6.07 Å². The Bertz CT molecular complexity index is 1250. The summed E-state index contributed by atoms with van der Waals surface area (Å²) in [4.78, 5) is 27.9. The fraction of sp³-hybridized carbons (Fsp3) is 0.385. The lowest BCUT2D eigenvalue weighted by molar-refractivity contribution is -0.257. The van der Waals surface area contributed by atoms with Crippen LogP contribution in [0.5, 0.6) is 5.88 Å². The van der Waals surface area contributed by atoms with Gasteiger partial charge in [-0.15, -0.1) is 0 Å². The largest absolute Gasteiger partial charge is 0.472 e. The molecular formula is C26H25F3N4O3. The fourth-order valence-electron chi connectivity index (χ4n) is 5.79. The molecule has 0 spiro atoms. The maximum absolute atomic E-state index is 13.9. The SMILES string of the molecule is CCC12CC(Oc3ccc(C(F)(F)F)cn3)C1N(C(=O)c1ccccc1-c1ncccn1)C2C(C)O. The van der Waals surface area contributed by atoms with Crippen molar-refractivity contribution in [2.75, 3.05) is 0 Å². The van der Waals surface area contributed by atoms with Gasteiger partial charge in [0.15, 0.2) is 5.82 Å². The number of likely N-dealkylation sites (tertiary alicyclic amines) is 1. The number of piperidine rings is 1. The van der Waals surface area contributed by atoms with Crippen molar-refractivity contribution in [1.29, 1.82) is 0 Å². The van der Waals surface area contributed by atoms with Crippen LogP contribution in [0.3, 0.4) is 0 Å². The molecule has 1 saturated carbocycles. The van der Waals surface area contributed by atoms with E-state index in [2.05, 4.69) is 15.0 Å². The standard InChI is InChI=1S/C26H25F3N4O3/c1-3-25-13-19(36-20-10-9-16(14-32-20)26(27,28)29)22(25)33(21(25)15(2)34)24(35)18-8-5-4-7-17(18)23-30-11-6-12-31-23/h4-12,14-15,19,21-22,34H,3,13H2,1-2H3. The third-order valence-corrected chi connectivity index (χ3v) is 7.36. The van der Waals surface area contributed by atoms with E-state index in [9.17, 15) is 23.1 Å². The summed E-state index contributed by atoms with van der Waals surface area (Å²) in [6, 6.07) is 10.0. The Morgan fingerprint density at radius 1 is 1.17 bits per heavy atom. The average Bonchev–Trinajstić information content (AvgIpc) is 2.85. The van der Waals surface area contributed by atoms with E-state index in [0.29, 0.717) is 29.8 Å². The first-order chi connectivity index (χ1) is 17.2. The second kappa shape index (κ2) is 8.85. The molecule has 2 aliphatic rings. The second-order valence-electron chi connectivity index (χ2n) is 9.29. The lowest BCUT2D eigenvalue weighted by Gasteiger charge is -2.73. The zero-order valence-electron chi connectivity index (χ0n) is 19.7. The van der Waals surface area contributed by atoms with Crippen molar-refractivity contribution in [3.63, 3.8) is 0 Å². The van der Waals surface area contributed by atoms with Gasteiger partial charge in [-0.1, -0.05) is 25.1 Å². The van der Waals surface area contributed by atoms with Crippen LogP contribution in [0.4, 0.5) is 13.2 Å². The molecule has 2 fully saturated rings. The summed E-state index contributed by atoms with van der Waals surface area (Å²) < 4.78 is 44.6. The molecule has 3 heterocycles. The van der Waals surface area contributed by atoms with Gasteiger partial charge in [-0.05, 0) is 38.0 Å². The predicted octanol–water partition coefficient (Wildman–Crippen LogP) is 4.38. The summed E-state index contributed by atoms with van der Waals surface area (Å²) in [6.45, 7) is 3.67. The van der Waals surface area contributed by atoms with Crippen LogP contribution in [-0.2, 0) is 6.18 Å². The smallest absolute Gasteiger partial charge is 0.417 e. The van der Waals surface area contributed by atoms with Crippen molar-refractivity contribution in [2.45, 2.75) is 57.2 Å². The number of nitrogens with zero attached hydrogens (tertiary/aromatic N) is 4. The van der Waals surface area contributed by atoms with Gasteiger partial charge in [-0.25, -0.2) is 15.0 Å². The second-order valence-corrected chi connectivity index (χ2v) is 9.29. The van der Waals surface area contributed by atoms with Gasteiger partial charge in [0.1, 0.15) is 6.10 Å². The normalized spacial score (nSPS) is 25.8. The molecule has 2 aromatic heterocycles. The van der Waals surface area contributed by atoms with Gasteiger partial charge in [-0.3, -0.25) is 4.79 Å². The highest BCUT2D eigenvalue weighted by atomic mass is 19.4. The quantitative estimate of drug-likeness (QED) is 0.543. The van der Waals surface area contributed by atoms with Gasteiger partial charge < -0.3 is 14.7 Å². The van der Waals surface area contributed by atoms with E-state index in [0.717, 1.165) is 12.3 Å². The number of hydrogen-bond donors (Lipinski definition) is 1. The van der Waals surface area contributed by atoms with Crippen molar-refractivity contribution in [1.82, 2.24) is 19.9 Å². The number of rotatable bonds is 6. The topological polar surface area (TPSA) is 88.4 Å². The number of carbonyl (C=O) groups excluding carboxylic acids is 1. The van der Waals surface area contributed by atoms with Crippen molar-refractivity contribution < 1.29 is 27.8 Å². The molecule has 7 nitrogen and oxygen atoms in total. The first-order valence-electron chi connectivity index (χ1n) is 11.7. The number of benzene rings is 1. The van der Waals surface area contributed by atoms with Crippen LogP contribution >= 0.6 is 0 Å². The third-order valence-electron chi connectivity index (χ3n) is 7.36. The number of aliphatic hydroxyl groups is 1. The number of fused-ring (bicyclic) bond motifs is 1. The van der Waals surface area contributed by atoms with Gasteiger partial charge >= 0.3 is 6.18 Å². The van der Waals surface area contributed by atoms with Crippen molar-refractivity contribution in [3.05, 3.63) is 72.2 Å². The molecule has 1 aliphatic heterocycles. The molecule has 36 heavy (non-hydrogen) atoms. The molecule has 1 N–H and O–H groups in total. The van der Waals surface area contributed by atoms with E-state index >= 15 is 0 Å². The van der Waals surface area contributed by atoms with Crippen LogP contribution < -0.4 is 4.74 Å². The predicted molar refractivity (Wildman–Crippen MR) is 124 cm³/mol. The summed E-state index contributed by atoms with van der Waals surface area (Å²) in [6.07, 6.45) is -0.540. The Hall–Kier alpha value is -3.53. The van der Waals surface area contributed by atoms with Gasteiger partial charge in [0, 0.05) is 35.6 Å². The summed E-state index contributed by atoms with van der Waals surface area (Å²) in [5.74, 6) is 0.183. The molecule has 0 bridgehead atoms. The van der Waals surface area contributed by atoms with E-state index < -0.39 is 30.0 Å². The Labute approximate surface area is 206 Å². The molecule has 5 atom stereocenters. The van der Waals surface area contributed by atoms with Crippen LogP contribution in [0.15, 0.2) is 61.1 Å². The lowest BCUT2D eigenvalue weighted by Crippen LogP contribution is -2.86. The number of carbonyl (C=O) groups is 1. The molecule has 5 unspecified atom stereocenters. The highest BCUT2D eigenvalue weighted by Gasteiger charge is 2.73. The summed E-state index contributed by atoms with van der Waals surface area (Å²) in [5.41, 5.74) is -0.237. The molecule has 1 saturated heterocycles. The highest BCUT2D eigenvalue weighted by molar-refractivity contribution is 6.01. The molecule has 0 radical (unpaired) electrons. The average molecular weight is 499 g/mol. The number of halogens is 3. The molecule has 1 amide bonds. The first kappa shape index (κ1) is 24.2. The number of alkyl halides is 3. The maximum atomic E-state index is 13.9. The van der Waals surface area contributed by atoms with Gasteiger partial charge in [0.2, 0.25) is 5.88 Å². The number of amides is 1. The Morgan fingerprint density at radius 2 is 1.89 bits per heavy atom. The molecule has 3 aromatic rings. The molecular weight excluding hydrogens is 473 g/mol. The van der Waals surface area contributed by atoms with E-state index in [-0.39, 0.29) is 23.2 Å². The van der Waals surface area contributed by atoms with E-state index in [4.69, 9.17) is 4.74 Å². The number of pyridine rings is 1. The van der Waals surface area contributed by atoms with Gasteiger partial charge in [-0.2, -0.15) is 13.2 Å². The Kier molecular flexibility index (Phi) is 5.94. The number of aliphatic hydroxyl groups excluding tert-OH is 1. The van der Waals surface area contributed by atoms with Crippen LogP contribution in [0.25, 0.3) is 11.4 Å². The van der Waals surface area contributed by atoms with Crippen LogP contribution in [-0.4, -0.2) is 55.2 Å². The summed E-state index contributed by atoms with van der Waals surface area (Å²) in [7, 11) is 0.